The van der Waals surface area contributed by atoms with E-state index in [1.807, 2.05) is 30.3 Å². The van der Waals surface area contributed by atoms with Gasteiger partial charge in [-0.3, -0.25) is 15.6 Å². The van der Waals surface area contributed by atoms with E-state index >= 15 is 0 Å². The highest BCUT2D eigenvalue weighted by Crippen LogP contribution is 2.28. The zero-order chi connectivity index (χ0) is 13.9. The third-order valence-corrected chi connectivity index (χ3v) is 4.00. The van der Waals surface area contributed by atoms with Gasteiger partial charge in [-0.25, -0.2) is 10.2 Å². The minimum Gasteiger partial charge on any atom is -0.445 e. The number of hydrogen-bond donors (Lipinski definition) is 2. The van der Waals surface area contributed by atoms with Gasteiger partial charge in [0.1, 0.15) is 12.8 Å². The largest absolute Gasteiger partial charge is 0.445 e. The van der Waals surface area contributed by atoms with Gasteiger partial charge in [0.15, 0.2) is 0 Å². The molecular formula is C14H20N4O2. The topological polar surface area (TPSA) is 70.8 Å². The normalized spacial score (nSPS) is 27.6. The molecule has 1 aromatic rings. The summed E-state index contributed by atoms with van der Waals surface area (Å²) < 4.78 is 5.26. The Hall–Kier alpha value is -1.63. The Morgan fingerprint density at radius 1 is 1.25 bits per heavy atom. The van der Waals surface area contributed by atoms with E-state index < -0.39 is 0 Å². The zero-order valence-corrected chi connectivity index (χ0v) is 11.4. The van der Waals surface area contributed by atoms with Gasteiger partial charge in [-0.15, -0.1) is 0 Å². The lowest BCUT2D eigenvalue weighted by Gasteiger charge is -2.40. The number of piperidine rings is 1. The molecule has 2 aliphatic rings. The van der Waals surface area contributed by atoms with Crippen molar-refractivity contribution in [3.63, 3.8) is 0 Å². The number of benzene rings is 1. The number of likely N-dealkylation sites (tertiary alicyclic amines) is 1. The van der Waals surface area contributed by atoms with E-state index in [9.17, 15) is 4.79 Å². The van der Waals surface area contributed by atoms with E-state index in [-0.39, 0.29) is 18.4 Å². The van der Waals surface area contributed by atoms with E-state index in [2.05, 4.69) is 10.3 Å². The quantitative estimate of drug-likeness (QED) is 0.642. The van der Waals surface area contributed by atoms with E-state index in [1.165, 1.54) is 0 Å². The molecule has 108 valence electrons. The Balaban J connectivity index is 1.86. The second-order valence-electron chi connectivity index (χ2n) is 5.18. The summed E-state index contributed by atoms with van der Waals surface area (Å²) in [4.78, 5) is 16.0. The number of cyclic esters (lactones) is 1. The number of carbonyl (C=O) groups excluding carboxylic acids is 1. The van der Waals surface area contributed by atoms with Gasteiger partial charge in [-0.1, -0.05) is 18.2 Å². The third kappa shape index (κ3) is 2.37. The van der Waals surface area contributed by atoms with E-state index in [4.69, 9.17) is 10.6 Å². The standard InChI is InChI=1S/C14H20N4O2/c15-16-12-8-4-5-9-17(12)13-10-20-14(19)18(13)11-6-2-1-3-7-11/h1-3,6-7,12-13,16H,4-5,8-10,15H2. The lowest BCUT2D eigenvalue weighted by atomic mass is 10.1. The summed E-state index contributed by atoms with van der Waals surface area (Å²) in [6.45, 7) is 1.30. The summed E-state index contributed by atoms with van der Waals surface area (Å²) in [6.07, 6.45) is 2.97. The molecule has 2 aliphatic heterocycles. The van der Waals surface area contributed by atoms with Crippen molar-refractivity contribution in [2.45, 2.75) is 31.6 Å². The van der Waals surface area contributed by atoms with Gasteiger partial charge in [0, 0.05) is 12.2 Å². The second kappa shape index (κ2) is 5.78. The minimum absolute atomic E-state index is 0.0914. The van der Waals surface area contributed by atoms with E-state index in [1.54, 1.807) is 4.90 Å². The molecule has 6 nitrogen and oxygen atoms in total. The number of hydrogen-bond acceptors (Lipinski definition) is 5. The van der Waals surface area contributed by atoms with Crippen molar-refractivity contribution in [3.05, 3.63) is 30.3 Å². The summed E-state index contributed by atoms with van der Waals surface area (Å²) in [5.74, 6) is 5.64. The van der Waals surface area contributed by atoms with Crippen LogP contribution >= 0.6 is 0 Å². The number of anilines is 1. The van der Waals surface area contributed by atoms with Gasteiger partial charge >= 0.3 is 6.09 Å². The first-order valence-electron chi connectivity index (χ1n) is 7.04. The van der Waals surface area contributed by atoms with Crippen LogP contribution in [0, 0.1) is 0 Å². The van der Waals surface area contributed by atoms with E-state index in [0.29, 0.717) is 6.61 Å². The molecule has 3 N–H and O–H groups in total. The van der Waals surface area contributed by atoms with Crippen LogP contribution in [-0.4, -0.2) is 36.5 Å². The van der Waals surface area contributed by atoms with Crippen LogP contribution in [0.4, 0.5) is 10.5 Å². The molecule has 0 spiro atoms. The molecule has 0 aliphatic carbocycles. The number of nitrogens with two attached hydrogens (primary N) is 1. The predicted molar refractivity (Wildman–Crippen MR) is 75.7 cm³/mol. The third-order valence-electron chi connectivity index (χ3n) is 4.00. The number of nitrogens with one attached hydrogen (secondary N) is 1. The molecule has 0 bridgehead atoms. The van der Waals surface area contributed by atoms with Gasteiger partial charge in [0.25, 0.3) is 0 Å². The Morgan fingerprint density at radius 3 is 2.80 bits per heavy atom. The number of carbonyl (C=O) groups is 1. The molecule has 2 saturated heterocycles. The van der Waals surface area contributed by atoms with Crippen LogP contribution in [0.2, 0.25) is 0 Å². The maximum absolute atomic E-state index is 12.0. The summed E-state index contributed by atoms with van der Waals surface area (Å²) in [5, 5.41) is 0. The first kappa shape index (κ1) is 13.4. The zero-order valence-electron chi connectivity index (χ0n) is 11.4. The highest BCUT2D eigenvalue weighted by atomic mass is 16.6. The van der Waals surface area contributed by atoms with Gasteiger partial charge < -0.3 is 4.74 Å². The number of hydrazine groups is 1. The van der Waals surface area contributed by atoms with Crippen molar-refractivity contribution in [2.24, 2.45) is 5.84 Å². The predicted octanol–water partition coefficient (Wildman–Crippen LogP) is 1.24. The van der Waals surface area contributed by atoms with Crippen LogP contribution in [0.25, 0.3) is 0 Å². The molecule has 1 aromatic carbocycles. The molecule has 2 heterocycles. The van der Waals surface area contributed by atoms with Crippen molar-refractivity contribution in [3.8, 4) is 0 Å². The number of para-hydroxylation sites is 1. The second-order valence-corrected chi connectivity index (χ2v) is 5.18. The Kier molecular flexibility index (Phi) is 3.86. The highest BCUT2D eigenvalue weighted by molar-refractivity contribution is 5.90. The number of amides is 1. The maximum atomic E-state index is 12.0. The van der Waals surface area contributed by atoms with Gasteiger partial charge in [0.05, 0.1) is 6.17 Å². The molecule has 0 saturated carbocycles. The highest BCUT2D eigenvalue weighted by Gasteiger charge is 2.41. The van der Waals surface area contributed by atoms with Gasteiger partial charge in [-0.2, -0.15) is 0 Å². The molecule has 6 heteroatoms. The van der Waals surface area contributed by atoms with Crippen molar-refractivity contribution in [1.82, 2.24) is 10.3 Å². The fourth-order valence-corrected chi connectivity index (χ4v) is 3.01. The number of ether oxygens (including phenoxy) is 1. The summed E-state index contributed by atoms with van der Waals surface area (Å²) >= 11 is 0. The summed E-state index contributed by atoms with van der Waals surface area (Å²) in [6, 6.07) is 9.63. The molecule has 1 amide bonds. The van der Waals surface area contributed by atoms with Crippen LogP contribution < -0.4 is 16.2 Å². The monoisotopic (exact) mass is 276 g/mol. The van der Waals surface area contributed by atoms with Crippen LogP contribution in [-0.2, 0) is 4.74 Å². The van der Waals surface area contributed by atoms with E-state index in [0.717, 1.165) is 31.5 Å². The molecule has 0 aromatic heterocycles. The molecule has 2 atom stereocenters. The Labute approximate surface area is 118 Å². The maximum Gasteiger partial charge on any atom is 0.415 e. The lowest BCUT2D eigenvalue weighted by molar-refractivity contribution is 0.0656. The smallest absolute Gasteiger partial charge is 0.415 e. The average Bonchev–Trinajstić information content (AvgIpc) is 2.89. The Morgan fingerprint density at radius 2 is 2.05 bits per heavy atom. The van der Waals surface area contributed by atoms with Crippen molar-refractivity contribution in [2.75, 3.05) is 18.1 Å². The summed E-state index contributed by atoms with van der Waals surface area (Å²) in [7, 11) is 0. The minimum atomic E-state index is -0.289. The number of nitrogens with zero attached hydrogens (tertiary/aromatic N) is 2. The number of rotatable bonds is 3. The van der Waals surface area contributed by atoms with Crippen molar-refractivity contribution < 1.29 is 9.53 Å². The van der Waals surface area contributed by atoms with Gasteiger partial charge in [0.2, 0.25) is 0 Å². The molecule has 2 fully saturated rings. The average molecular weight is 276 g/mol. The molecular weight excluding hydrogens is 256 g/mol. The first-order valence-corrected chi connectivity index (χ1v) is 7.04. The van der Waals surface area contributed by atoms with Crippen LogP contribution in [0.5, 0.6) is 0 Å². The van der Waals surface area contributed by atoms with Crippen LogP contribution in [0.15, 0.2) is 30.3 Å². The molecule has 2 unspecified atom stereocenters. The fourth-order valence-electron chi connectivity index (χ4n) is 3.01. The fraction of sp³-hybridized carbons (Fsp3) is 0.500. The molecule has 3 rings (SSSR count). The Bertz CT molecular complexity index is 468. The van der Waals surface area contributed by atoms with Gasteiger partial charge in [-0.05, 0) is 31.4 Å². The van der Waals surface area contributed by atoms with Crippen LogP contribution in [0.3, 0.4) is 0 Å². The lowest BCUT2D eigenvalue weighted by Crippen LogP contribution is -2.59. The molecule has 20 heavy (non-hydrogen) atoms. The van der Waals surface area contributed by atoms with Crippen molar-refractivity contribution in [1.29, 1.82) is 0 Å². The van der Waals surface area contributed by atoms with Crippen molar-refractivity contribution >= 4 is 11.8 Å². The summed E-state index contributed by atoms with van der Waals surface area (Å²) in [5.41, 5.74) is 3.71. The SMILES string of the molecule is NNC1CCCCN1C1COC(=O)N1c1ccccc1. The molecule has 0 radical (unpaired) electrons. The first-order chi connectivity index (χ1) is 9.81. The van der Waals surface area contributed by atoms with Crippen LogP contribution in [0.1, 0.15) is 19.3 Å².